The second-order valence-corrected chi connectivity index (χ2v) is 6.95. The van der Waals surface area contributed by atoms with Crippen molar-refractivity contribution in [3.63, 3.8) is 0 Å². The summed E-state index contributed by atoms with van der Waals surface area (Å²) in [5.74, 6) is 0. The summed E-state index contributed by atoms with van der Waals surface area (Å²) in [6.45, 7) is 0. The Labute approximate surface area is 168 Å². The van der Waals surface area contributed by atoms with Gasteiger partial charge in [0, 0.05) is 31.4 Å². The Balaban J connectivity index is 0.000000696. The molecule has 0 heterocycles. The van der Waals surface area contributed by atoms with Crippen molar-refractivity contribution in [1.29, 1.82) is 0 Å². The second kappa shape index (κ2) is 11.4. The highest BCUT2D eigenvalue weighted by molar-refractivity contribution is 6.05. The monoisotopic (exact) mass is 404 g/mol. The van der Waals surface area contributed by atoms with Gasteiger partial charge < -0.3 is 4.90 Å². The van der Waals surface area contributed by atoms with Gasteiger partial charge in [0.25, 0.3) is 0 Å². The van der Waals surface area contributed by atoms with Crippen LogP contribution < -0.4 is 18.6 Å². The molecule has 0 saturated carbocycles. The van der Waals surface area contributed by atoms with E-state index >= 15 is 0 Å². The molecular weight excluding hydrogens is 380 g/mol. The van der Waals surface area contributed by atoms with Crippen LogP contribution in [-0.4, -0.2) is 43.4 Å². The summed E-state index contributed by atoms with van der Waals surface area (Å²) in [6.07, 6.45) is 6.42. The van der Waals surface area contributed by atoms with Crippen molar-refractivity contribution in [3.05, 3.63) is 90.0 Å². The van der Waals surface area contributed by atoms with E-state index in [0.717, 1.165) is 0 Å². The van der Waals surface area contributed by atoms with Crippen molar-refractivity contribution >= 4 is 11.4 Å². The van der Waals surface area contributed by atoms with Crippen molar-refractivity contribution in [2.75, 3.05) is 28.2 Å². The SMILES string of the molecule is CN(C)/C(=C/C=C/C(c1ccccc1)=[N+](C)C)c1ccccc1.[O-][Cl+3]([O-])([O-])[O-]. The van der Waals surface area contributed by atoms with Crippen LogP contribution in [0.5, 0.6) is 0 Å². The smallest absolute Gasteiger partial charge is 0.206 e. The van der Waals surface area contributed by atoms with Gasteiger partial charge in [-0.25, -0.2) is 23.2 Å². The number of allylic oxidation sites excluding steroid dienone is 3. The number of benzene rings is 2. The van der Waals surface area contributed by atoms with Crippen molar-refractivity contribution < 1.29 is 33.5 Å². The molecule has 150 valence electrons. The van der Waals surface area contributed by atoms with Gasteiger partial charge in [-0.1, -0.05) is 54.6 Å². The van der Waals surface area contributed by atoms with Gasteiger partial charge in [-0.3, -0.25) is 0 Å². The normalized spacial score (nSPS) is 11.6. The zero-order chi connectivity index (χ0) is 21.2. The summed E-state index contributed by atoms with van der Waals surface area (Å²) in [4.78, 5) is 2.14. The Morgan fingerprint density at radius 2 is 1.25 bits per heavy atom. The van der Waals surface area contributed by atoms with E-state index in [1.165, 1.54) is 22.5 Å². The fraction of sp³-hybridized carbons (Fsp3) is 0.190. The van der Waals surface area contributed by atoms with Gasteiger partial charge in [0.1, 0.15) is 14.1 Å². The Morgan fingerprint density at radius 1 is 0.821 bits per heavy atom. The van der Waals surface area contributed by atoms with Crippen molar-refractivity contribution in [3.8, 4) is 0 Å². The number of hydrogen-bond donors (Lipinski definition) is 0. The van der Waals surface area contributed by atoms with Gasteiger partial charge in [-0.05, 0) is 23.8 Å². The van der Waals surface area contributed by atoms with E-state index in [4.69, 9.17) is 18.6 Å². The Kier molecular flexibility index (Phi) is 9.58. The molecule has 0 saturated heterocycles. The van der Waals surface area contributed by atoms with Crippen LogP contribution in [0.4, 0.5) is 0 Å². The minimum atomic E-state index is -4.94. The molecule has 0 bridgehead atoms. The summed E-state index contributed by atoms with van der Waals surface area (Å²) in [5.41, 5.74) is 4.81. The van der Waals surface area contributed by atoms with Crippen LogP contribution >= 0.6 is 0 Å². The average molecular weight is 405 g/mol. The lowest BCUT2D eigenvalue weighted by molar-refractivity contribution is -2.00. The molecule has 6 nitrogen and oxygen atoms in total. The van der Waals surface area contributed by atoms with Crippen LogP contribution in [-0.2, 0) is 0 Å². The maximum absolute atomic E-state index is 8.49. The summed E-state index contributed by atoms with van der Waals surface area (Å²) in [5, 5.41) is 0. The van der Waals surface area contributed by atoms with Gasteiger partial charge in [0.2, 0.25) is 5.71 Å². The molecule has 0 aliphatic rings. The lowest BCUT2D eigenvalue weighted by Crippen LogP contribution is -2.68. The third kappa shape index (κ3) is 9.45. The molecular formula is C21H25ClN2O4. The standard InChI is InChI=1S/C21H25N2.ClHO4/c1-22(2)20(18-12-7-5-8-13-18)16-11-17-21(23(3)4)19-14-9-6-10-15-19;2-1(3,4)5/h5-17H,1-4H3;(H,2,3,4,5)/q+1;/p-1. The predicted octanol–water partition coefficient (Wildman–Crippen LogP) is -0.849. The molecule has 2 rings (SSSR count). The molecule has 0 aliphatic heterocycles. The maximum Gasteiger partial charge on any atom is 0.206 e. The van der Waals surface area contributed by atoms with Gasteiger partial charge in [-0.2, -0.15) is 0 Å². The quantitative estimate of drug-likeness (QED) is 0.367. The van der Waals surface area contributed by atoms with E-state index in [-0.39, 0.29) is 0 Å². The zero-order valence-electron chi connectivity index (χ0n) is 16.4. The fourth-order valence-corrected chi connectivity index (χ4v) is 2.46. The molecule has 0 spiro atoms. The molecule has 0 N–H and O–H groups in total. The molecule has 28 heavy (non-hydrogen) atoms. The molecule has 2 aromatic rings. The van der Waals surface area contributed by atoms with Crippen LogP contribution in [0.2, 0.25) is 0 Å². The van der Waals surface area contributed by atoms with Crippen molar-refractivity contribution in [2.45, 2.75) is 0 Å². The Morgan fingerprint density at radius 3 is 1.64 bits per heavy atom. The highest BCUT2D eigenvalue weighted by atomic mass is 35.7. The van der Waals surface area contributed by atoms with E-state index in [9.17, 15) is 0 Å². The molecule has 0 atom stereocenters. The highest BCUT2D eigenvalue weighted by Crippen LogP contribution is 2.16. The van der Waals surface area contributed by atoms with Gasteiger partial charge in [-0.15, -0.1) is 10.2 Å². The lowest BCUT2D eigenvalue weighted by Gasteiger charge is -2.17. The number of halogens is 1. The van der Waals surface area contributed by atoms with E-state index in [0.29, 0.717) is 0 Å². The Bertz CT molecular complexity index is 801. The van der Waals surface area contributed by atoms with Gasteiger partial charge in [0.15, 0.2) is 0 Å². The summed E-state index contributed by atoms with van der Waals surface area (Å²) < 4.78 is 36.1. The average Bonchev–Trinajstić information content (AvgIpc) is 2.61. The number of hydrogen-bond acceptors (Lipinski definition) is 5. The van der Waals surface area contributed by atoms with E-state index in [1.54, 1.807) is 0 Å². The molecule has 0 aromatic heterocycles. The first-order valence-corrected chi connectivity index (χ1v) is 9.65. The first-order valence-electron chi connectivity index (χ1n) is 8.42. The molecule has 0 amide bonds. The second-order valence-electron chi connectivity index (χ2n) is 6.20. The largest absolute Gasteiger partial charge is 0.377 e. The number of rotatable bonds is 5. The van der Waals surface area contributed by atoms with Crippen LogP contribution in [0, 0.1) is 10.2 Å². The molecule has 0 aliphatic carbocycles. The van der Waals surface area contributed by atoms with Crippen LogP contribution in [0.1, 0.15) is 11.1 Å². The van der Waals surface area contributed by atoms with E-state index in [2.05, 4.69) is 104 Å². The first-order chi connectivity index (χ1) is 13.1. The topological polar surface area (TPSA) is 98.5 Å². The molecule has 0 fully saturated rings. The van der Waals surface area contributed by atoms with Crippen LogP contribution in [0.15, 0.2) is 78.9 Å². The molecule has 0 unspecified atom stereocenters. The molecule has 2 aromatic carbocycles. The summed E-state index contributed by atoms with van der Waals surface area (Å²) in [7, 11) is 3.34. The van der Waals surface area contributed by atoms with Crippen LogP contribution in [0.25, 0.3) is 5.70 Å². The van der Waals surface area contributed by atoms with Gasteiger partial charge >= 0.3 is 0 Å². The van der Waals surface area contributed by atoms with Crippen LogP contribution in [0.3, 0.4) is 0 Å². The third-order valence-corrected chi connectivity index (χ3v) is 3.61. The maximum atomic E-state index is 8.49. The molecule has 7 heteroatoms. The van der Waals surface area contributed by atoms with Gasteiger partial charge in [0.05, 0.1) is 0 Å². The minimum absolute atomic E-state index is 1.19. The minimum Gasteiger partial charge on any atom is -0.377 e. The number of nitrogens with zero attached hydrogens (tertiary/aromatic N) is 2. The summed E-state index contributed by atoms with van der Waals surface area (Å²) >= 11 is 0. The Hall–Kier alpha value is -2.48. The van der Waals surface area contributed by atoms with E-state index < -0.39 is 10.2 Å². The molecule has 0 radical (unpaired) electrons. The third-order valence-electron chi connectivity index (χ3n) is 3.61. The first kappa shape index (κ1) is 23.6. The van der Waals surface area contributed by atoms with Crippen molar-refractivity contribution in [1.82, 2.24) is 4.90 Å². The predicted molar refractivity (Wildman–Crippen MR) is 99.9 cm³/mol. The summed E-state index contributed by atoms with van der Waals surface area (Å²) in [6, 6.07) is 20.9. The van der Waals surface area contributed by atoms with E-state index in [1.807, 2.05) is 12.1 Å². The fourth-order valence-electron chi connectivity index (χ4n) is 2.46. The van der Waals surface area contributed by atoms with Crippen molar-refractivity contribution in [2.24, 2.45) is 0 Å². The zero-order valence-corrected chi connectivity index (χ0v) is 17.2. The lowest BCUT2D eigenvalue weighted by atomic mass is 10.1. The highest BCUT2D eigenvalue weighted by Gasteiger charge is 2.07.